The van der Waals surface area contributed by atoms with Crippen molar-refractivity contribution in [2.75, 3.05) is 19.4 Å². The topological polar surface area (TPSA) is 64.3 Å². The number of methoxy groups -OCH3 is 1. The van der Waals surface area contributed by atoms with Gasteiger partial charge in [-0.25, -0.2) is 0 Å². The predicted molar refractivity (Wildman–Crippen MR) is 63.2 cm³/mol. The number of amides is 1. The van der Waals surface area contributed by atoms with Gasteiger partial charge in [0.15, 0.2) is 0 Å². The summed E-state index contributed by atoms with van der Waals surface area (Å²) in [5.74, 6) is 2.69. The number of hydrogen-bond acceptors (Lipinski definition) is 3. The number of para-hydroxylation sites is 1. The van der Waals surface area contributed by atoms with Crippen molar-refractivity contribution in [3.05, 3.63) is 23.8 Å². The molecule has 0 atom stereocenters. The van der Waals surface area contributed by atoms with Gasteiger partial charge in [0.2, 0.25) is 0 Å². The van der Waals surface area contributed by atoms with Gasteiger partial charge in [0.05, 0.1) is 18.4 Å². The monoisotopic (exact) mass is 218 g/mol. The largest absolute Gasteiger partial charge is 0.495 e. The van der Waals surface area contributed by atoms with Crippen LogP contribution in [-0.4, -0.2) is 19.6 Å². The molecule has 0 unspecified atom stereocenters. The van der Waals surface area contributed by atoms with Crippen LogP contribution in [0.4, 0.5) is 5.69 Å². The third-order valence-corrected chi connectivity index (χ3v) is 2.09. The second kappa shape index (κ2) is 5.66. The molecule has 0 aliphatic rings. The van der Waals surface area contributed by atoms with Crippen LogP contribution in [0.5, 0.6) is 5.75 Å². The highest BCUT2D eigenvalue weighted by atomic mass is 16.5. The first kappa shape index (κ1) is 11.9. The van der Waals surface area contributed by atoms with Gasteiger partial charge in [0.1, 0.15) is 5.75 Å². The molecule has 84 valence electrons. The lowest BCUT2D eigenvalue weighted by molar-refractivity contribution is 0.0955. The van der Waals surface area contributed by atoms with E-state index >= 15 is 0 Å². The molecule has 4 heteroatoms. The smallest absolute Gasteiger partial charge is 0.253 e. The Morgan fingerprint density at radius 1 is 1.62 bits per heavy atom. The third kappa shape index (κ3) is 2.67. The molecular formula is C12H14N2O2. The van der Waals surface area contributed by atoms with E-state index in [-0.39, 0.29) is 5.91 Å². The zero-order valence-electron chi connectivity index (χ0n) is 9.12. The molecule has 0 heterocycles. The summed E-state index contributed by atoms with van der Waals surface area (Å²) in [6, 6.07) is 5.06. The summed E-state index contributed by atoms with van der Waals surface area (Å²) in [6.45, 7) is 0.436. The van der Waals surface area contributed by atoms with E-state index < -0.39 is 0 Å². The van der Waals surface area contributed by atoms with Crippen LogP contribution >= 0.6 is 0 Å². The number of rotatable bonds is 4. The van der Waals surface area contributed by atoms with Crippen LogP contribution in [0.1, 0.15) is 16.8 Å². The molecule has 1 rings (SSSR count). The Balaban J connectivity index is 2.80. The fraction of sp³-hybridized carbons (Fsp3) is 0.250. The average Bonchev–Trinajstić information content (AvgIpc) is 2.29. The highest BCUT2D eigenvalue weighted by Gasteiger charge is 2.11. The van der Waals surface area contributed by atoms with Crippen LogP contribution < -0.4 is 15.8 Å². The molecular weight excluding hydrogens is 204 g/mol. The van der Waals surface area contributed by atoms with Crippen LogP contribution in [0.2, 0.25) is 0 Å². The SMILES string of the molecule is C#CCCNC(=O)c1cccc(OC)c1N. The Morgan fingerprint density at radius 2 is 2.38 bits per heavy atom. The van der Waals surface area contributed by atoms with Crippen molar-refractivity contribution in [3.63, 3.8) is 0 Å². The Bertz CT molecular complexity index is 422. The summed E-state index contributed by atoms with van der Waals surface area (Å²) < 4.78 is 5.02. The van der Waals surface area contributed by atoms with Crippen molar-refractivity contribution < 1.29 is 9.53 Å². The molecule has 0 radical (unpaired) electrons. The molecule has 0 spiro atoms. The highest BCUT2D eigenvalue weighted by molar-refractivity contribution is 6.00. The van der Waals surface area contributed by atoms with Crippen LogP contribution in [0.25, 0.3) is 0 Å². The number of carbonyl (C=O) groups excluding carboxylic acids is 1. The normalized spacial score (nSPS) is 9.25. The van der Waals surface area contributed by atoms with Gasteiger partial charge >= 0.3 is 0 Å². The van der Waals surface area contributed by atoms with Crippen molar-refractivity contribution >= 4 is 11.6 Å². The van der Waals surface area contributed by atoms with Gasteiger partial charge in [-0.1, -0.05) is 6.07 Å². The van der Waals surface area contributed by atoms with Crippen LogP contribution in [0, 0.1) is 12.3 Å². The standard InChI is InChI=1S/C12H14N2O2/c1-3-4-8-14-12(15)9-6-5-7-10(16-2)11(9)13/h1,5-7H,4,8,13H2,2H3,(H,14,15). The fourth-order valence-electron chi connectivity index (χ4n) is 1.26. The number of nitrogen functional groups attached to an aromatic ring is 1. The second-order valence-corrected chi connectivity index (χ2v) is 3.13. The quantitative estimate of drug-likeness (QED) is 0.450. The van der Waals surface area contributed by atoms with Gasteiger partial charge in [0.25, 0.3) is 5.91 Å². The molecule has 0 bridgehead atoms. The van der Waals surface area contributed by atoms with E-state index in [2.05, 4.69) is 11.2 Å². The summed E-state index contributed by atoms with van der Waals surface area (Å²) in [5, 5.41) is 2.68. The summed E-state index contributed by atoms with van der Waals surface area (Å²) >= 11 is 0. The lowest BCUT2D eigenvalue weighted by Crippen LogP contribution is -2.25. The number of terminal acetylenes is 1. The minimum atomic E-state index is -0.244. The molecule has 1 amide bonds. The van der Waals surface area contributed by atoms with E-state index in [1.54, 1.807) is 18.2 Å². The fourth-order valence-corrected chi connectivity index (χ4v) is 1.26. The summed E-state index contributed by atoms with van der Waals surface area (Å²) in [5.41, 5.74) is 6.51. The molecule has 1 aromatic rings. The van der Waals surface area contributed by atoms with E-state index in [0.717, 1.165) is 0 Å². The first-order chi connectivity index (χ1) is 7.70. The number of carbonyl (C=O) groups is 1. The van der Waals surface area contributed by atoms with Crippen molar-refractivity contribution in [1.29, 1.82) is 0 Å². The van der Waals surface area contributed by atoms with E-state index in [1.807, 2.05) is 0 Å². The van der Waals surface area contributed by atoms with Gasteiger partial charge in [-0.05, 0) is 12.1 Å². The Hall–Kier alpha value is -2.15. The second-order valence-electron chi connectivity index (χ2n) is 3.13. The molecule has 1 aromatic carbocycles. The molecule has 0 aromatic heterocycles. The lowest BCUT2D eigenvalue weighted by atomic mass is 10.1. The summed E-state index contributed by atoms with van der Waals surface area (Å²) in [4.78, 5) is 11.7. The van der Waals surface area contributed by atoms with E-state index in [1.165, 1.54) is 7.11 Å². The number of nitrogens with one attached hydrogen (secondary N) is 1. The van der Waals surface area contributed by atoms with Crippen molar-refractivity contribution in [3.8, 4) is 18.1 Å². The average molecular weight is 218 g/mol. The van der Waals surface area contributed by atoms with Crippen molar-refractivity contribution in [2.45, 2.75) is 6.42 Å². The third-order valence-electron chi connectivity index (χ3n) is 2.09. The first-order valence-corrected chi connectivity index (χ1v) is 4.84. The number of benzene rings is 1. The minimum Gasteiger partial charge on any atom is -0.495 e. The maximum atomic E-state index is 11.7. The molecule has 0 saturated carbocycles. The molecule has 0 fully saturated rings. The van der Waals surface area contributed by atoms with Crippen molar-refractivity contribution in [2.24, 2.45) is 0 Å². The van der Waals surface area contributed by atoms with Gasteiger partial charge < -0.3 is 15.8 Å². The molecule has 4 nitrogen and oxygen atoms in total. The van der Waals surface area contributed by atoms with Crippen molar-refractivity contribution in [1.82, 2.24) is 5.32 Å². The summed E-state index contributed by atoms with van der Waals surface area (Å²) in [6.07, 6.45) is 5.58. The van der Waals surface area contributed by atoms with E-state index in [9.17, 15) is 4.79 Å². The van der Waals surface area contributed by atoms with Gasteiger partial charge in [-0.2, -0.15) is 0 Å². The van der Waals surface area contributed by atoms with Gasteiger partial charge in [-0.15, -0.1) is 12.3 Å². The van der Waals surface area contributed by atoms with Gasteiger partial charge in [-0.3, -0.25) is 4.79 Å². The molecule has 16 heavy (non-hydrogen) atoms. The Labute approximate surface area is 94.8 Å². The number of hydrogen-bond donors (Lipinski definition) is 2. The zero-order chi connectivity index (χ0) is 12.0. The predicted octanol–water partition coefficient (Wildman–Crippen LogP) is 1.03. The number of ether oxygens (including phenoxy) is 1. The van der Waals surface area contributed by atoms with Crippen LogP contribution in [0.15, 0.2) is 18.2 Å². The zero-order valence-corrected chi connectivity index (χ0v) is 9.12. The molecule has 0 saturated heterocycles. The first-order valence-electron chi connectivity index (χ1n) is 4.84. The minimum absolute atomic E-state index is 0.244. The van der Waals surface area contributed by atoms with Crippen LogP contribution in [0.3, 0.4) is 0 Å². The van der Waals surface area contributed by atoms with Gasteiger partial charge in [0, 0.05) is 13.0 Å². The van der Waals surface area contributed by atoms with Crippen LogP contribution in [-0.2, 0) is 0 Å². The summed E-state index contributed by atoms with van der Waals surface area (Å²) in [7, 11) is 1.51. The Kier molecular flexibility index (Phi) is 4.22. The lowest BCUT2D eigenvalue weighted by Gasteiger charge is -2.09. The highest BCUT2D eigenvalue weighted by Crippen LogP contribution is 2.24. The maximum Gasteiger partial charge on any atom is 0.253 e. The van der Waals surface area contributed by atoms with E-state index in [0.29, 0.717) is 30.0 Å². The molecule has 3 N–H and O–H groups in total. The Morgan fingerprint density at radius 3 is 3.00 bits per heavy atom. The van der Waals surface area contributed by atoms with E-state index in [4.69, 9.17) is 16.9 Å². The number of nitrogens with two attached hydrogens (primary N) is 1. The maximum absolute atomic E-state index is 11.7. The molecule has 0 aliphatic heterocycles. The number of anilines is 1. The molecule has 0 aliphatic carbocycles.